The van der Waals surface area contributed by atoms with Crippen LogP contribution in [0.2, 0.25) is 0 Å². The lowest BCUT2D eigenvalue weighted by Gasteiger charge is -2.23. The Morgan fingerprint density at radius 2 is 2.44 bits per heavy atom. The number of nitrogens with one attached hydrogen (secondary N) is 1. The van der Waals surface area contributed by atoms with Gasteiger partial charge < -0.3 is 10.1 Å². The molecule has 1 aromatic rings. The van der Waals surface area contributed by atoms with Crippen molar-refractivity contribution in [2.45, 2.75) is 25.6 Å². The largest absolute Gasteiger partial charge is 0.372 e. The number of benzene rings is 1. The minimum atomic E-state index is 0.319. The zero-order chi connectivity index (χ0) is 11.2. The molecule has 1 saturated heterocycles. The molecule has 1 unspecified atom stereocenters. The highest BCUT2D eigenvalue weighted by molar-refractivity contribution is 5.32. The molecule has 1 aliphatic rings. The van der Waals surface area contributed by atoms with Crippen LogP contribution in [-0.2, 0) is 11.3 Å². The van der Waals surface area contributed by atoms with E-state index in [2.05, 4.69) is 11.4 Å². The van der Waals surface area contributed by atoms with Gasteiger partial charge in [0.05, 0.1) is 24.3 Å². The van der Waals surface area contributed by atoms with Gasteiger partial charge >= 0.3 is 0 Å². The summed E-state index contributed by atoms with van der Waals surface area (Å²) in [4.78, 5) is 0. The van der Waals surface area contributed by atoms with Gasteiger partial charge in [0.15, 0.2) is 0 Å². The molecule has 0 amide bonds. The zero-order valence-electron chi connectivity index (χ0n) is 9.28. The van der Waals surface area contributed by atoms with Gasteiger partial charge in [0.1, 0.15) is 0 Å². The summed E-state index contributed by atoms with van der Waals surface area (Å²) in [5.41, 5.74) is 1.77. The third kappa shape index (κ3) is 3.06. The van der Waals surface area contributed by atoms with E-state index in [1.807, 2.05) is 24.3 Å². The molecule has 0 spiro atoms. The normalized spacial score (nSPS) is 20.3. The standard InChI is InChI=1S/C13H16N2O/c14-8-11-3-1-4-12(7-11)10-16-13-5-2-6-15-9-13/h1,3-4,7,13,15H,2,5-6,9-10H2. The van der Waals surface area contributed by atoms with Gasteiger partial charge in [-0.25, -0.2) is 0 Å². The van der Waals surface area contributed by atoms with Crippen LogP contribution in [0.4, 0.5) is 0 Å². The second-order valence-corrected chi connectivity index (χ2v) is 4.09. The van der Waals surface area contributed by atoms with Crippen LogP contribution < -0.4 is 5.32 Å². The summed E-state index contributed by atoms with van der Waals surface area (Å²) in [7, 11) is 0. The molecule has 0 aliphatic carbocycles. The van der Waals surface area contributed by atoms with Crippen molar-refractivity contribution in [3.8, 4) is 6.07 Å². The Morgan fingerprint density at radius 1 is 1.50 bits per heavy atom. The van der Waals surface area contributed by atoms with Gasteiger partial charge in [-0.05, 0) is 37.1 Å². The van der Waals surface area contributed by atoms with Crippen LogP contribution in [0.3, 0.4) is 0 Å². The molecule has 0 aromatic heterocycles. The molecule has 1 N–H and O–H groups in total. The van der Waals surface area contributed by atoms with Crippen molar-refractivity contribution in [1.82, 2.24) is 5.32 Å². The lowest BCUT2D eigenvalue weighted by molar-refractivity contribution is 0.0253. The Balaban J connectivity index is 1.86. The van der Waals surface area contributed by atoms with Gasteiger partial charge in [-0.1, -0.05) is 12.1 Å². The summed E-state index contributed by atoms with van der Waals surface area (Å²) in [6.07, 6.45) is 2.63. The molecule has 2 rings (SSSR count). The van der Waals surface area contributed by atoms with Crippen LogP contribution >= 0.6 is 0 Å². The average Bonchev–Trinajstić information content (AvgIpc) is 2.38. The maximum absolute atomic E-state index is 8.78. The summed E-state index contributed by atoms with van der Waals surface area (Å²) in [6, 6.07) is 9.73. The number of hydrogen-bond donors (Lipinski definition) is 1. The molecular weight excluding hydrogens is 200 g/mol. The number of piperidine rings is 1. The number of rotatable bonds is 3. The minimum Gasteiger partial charge on any atom is -0.372 e. The minimum absolute atomic E-state index is 0.319. The van der Waals surface area contributed by atoms with E-state index in [0.717, 1.165) is 25.1 Å². The van der Waals surface area contributed by atoms with Crippen LogP contribution in [0.25, 0.3) is 0 Å². The number of nitriles is 1. The summed E-state index contributed by atoms with van der Waals surface area (Å²) in [5, 5.41) is 12.1. The Kier molecular flexibility index (Phi) is 3.92. The van der Waals surface area contributed by atoms with Gasteiger partial charge in [0.2, 0.25) is 0 Å². The molecule has 1 fully saturated rings. The Hall–Kier alpha value is -1.37. The first kappa shape index (κ1) is 11.1. The topological polar surface area (TPSA) is 45.0 Å². The molecule has 1 aromatic carbocycles. The van der Waals surface area contributed by atoms with Crippen molar-refractivity contribution in [2.75, 3.05) is 13.1 Å². The van der Waals surface area contributed by atoms with E-state index < -0.39 is 0 Å². The molecule has 1 atom stereocenters. The lowest BCUT2D eigenvalue weighted by Crippen LogP contribution is -2.35. The Morgan fingerprint density at radius 3 is 3.19 bits per heavy atom. The third-order valence-electron chi connectivity index (χ3n) is 2.79. The molecule has 3 heteroatoms. The van der Waals surface area contributed by atoms with E-state index in [9.17, 15) is 0 Å². The maximum atomic E-state index is 8.78. The smallest absolute Gasteiger partial charge is 0.0991 e. The molecule has 0 radical (unpaired) electrons. The average molecular weight is 216 g/mol. The van der Waals surface area contributed by atoms with Gasteiger partial charge in [0, 0.05) is 6.54 Å². The second-order valence-electron chi connectivity index (χ2n) is 4.09. The van der Waals surface area contributed by atoms with Gasteiger partial charge in [-0.15, -0.1) is 0 Å². The van der Waals surface area contributed by atoms with E-state index in [1.54, 1.807) is 0 Å². The Bertz CT molecular complexity index is 378. The molecule has 1 heterocycles. The van der Waals surface area contributed by atoms with Crippen molar-refractivity contribution in [3.05, 3.63) is 35.4 Å². The molecule has 84 valence electrons. The molecular formula is C13H16N2O. The summed E-state index contributed by atoms with van der Waals surface area (Å²) < 4.78 is 5.80. The van der Waals surface area contributed by atoms with Crippen molar-refractivity contribution in [3.63, 3.8) is 0 Å². The van der Waals surface area contributed by atoms with Crippen LogP contribution in [0.15, 0.2) is 24.3 Å². The molecule has 3 nitrogen and oxygen atoms in total. The highest BCUT2D eigenvalue weighted by atomic mass is 16.5. The predicted molar refractivity (Wildman–Crippen MR) is 61.8 cm³/mol. The second kappa shape index (κ2) is 5.64. The fourth-order valence-electron chi connectivity index (χ4n) is 1.91. The highest BCUT2D eigenvalue weighted by Gasteiger charge is 2.12. The summed E-state index contributed by atoms with van der Waals surface area (Å²) in [5.74, 6) is 0. The number of ether oxygens (including phenoxy) is 1. The van der Waals surface area contributed by atoms with E-state index in [1.165, 1.54) is 6.42 Å². The van der Waals surface area contributed by atoms with Gasteiger partial charge in [-0.3, -0.25) is 0 Å². The molecule has 0 saturated carbocycles. The third-order valence-corrected chi connectivity index (χ3v) is 2.79. The Labute approximate surface area is 96.0 Å². The first-order valence-electron chi connectivity index (χ1n) is 5.70. The van der Waals surface area contributed by atoms with Gasteiger partial charge in [-0.2, -0.15) is 5.26 Å². The summed E-state index contributed by atoms with van der Waals surface area (Å²) in [6.45, 7) is 2.64. The van der Waals surface area contributed by atoms with Crippen molar-refractivity contribution < 1.29 is 4.74 Å². The highest BCUT2D eigenvalue weighted by Crippen LogP contribution is 2.11. The molecule has 0 bridgehead atoms. The van der Waals surface area contributed by atoms with E-state index in [-0.39, 0.29) is 0 Å². The van der Waals surface area contributed by atoms with E-state index in [4.69, 9.17) is 10.00 Å². The first-order valence-corrected chi connectivity index (χ1v) is 5.70. The van der Waals surface area contributed by atoms with E-state index >= 15 is 0 Å². The molecule has 1 aliphatic heterocycles. The monoisotopic (exact) mass is 216 g/mol. The lowest BCUT2D eigenvalue weighted by atomic mass is 10.1. The SMILES string of the molecule is N#Cc1cccc(COC2CCCNC2)c1. The van der Waals surface area contributed by atoms with Crippen molar-refractivity contribution in [2.24, 2.45) is 0 Å². The van der Waals surface area contributed by atoms with Gasteiger partial charge in [0.25, 0.3) is 0 Å². The van der Waals surface area contributed by atoms with E-state index in [0.29, 0.717) is 18.3 Å². The van der Waals surface area contributed by atoms with Crippen LogP contribution in [-0.4, -0.2) is 19.2 Å². The van der Waals surface area contributed by atoms with Crippen LogP contribution in [0, 0.1) is 11.3 Å². The first-order chi connectivity index (χ1) is 7.88. The van der Waals surface area contributed by atoms with Crippen LogP contribution in [0.5, 0.6) is 0 Å². The number of hydrogen-bond acceptors (Lipinski definition) is 3. The summed E-state index contributed by atoms with van der Waals surface area (Å²) >= 11 is 0. The number of nitrogens with zero attached hydrogens (tertiary/aromatic N) is 1. The predicted octanol–water partition coefficient (Wildman–Crippen LogP) is 1.83. The molecule has 16 heavy (non-hydrogen) atoms. The zero-order valence-corrected chi connectivity index (χ0v) is 9.28. The fraction of sp³-hybridized carbons (Fsp3) is 0.462. The van der Waals surface area contributed by atoms with Crippen molar-refractivity contribution >= 4 is 0 Å². The quantitative estimate of drug-likeness (QED) is 0.838. The fourth-order valence-corrected chi connectivity index (χ4v) is 1.91. The van der Waals surface area contributed by atoms with Crippen LogP contribution in [0.1, 0.15) is 24.0 Å². The maximum Gasteiger partial charge on any atom is 0.0991 e. The van der Waals surface area contributed by atoms with Crippen molar-refractivity contribution in [1.29, 1.82) is 5.26 Å².